The Morgan fingerprint density at radius 2 is 2.19 bits per heavy atom. The molecule has 0 spiro atoms. The van der Waals surface area contributed by atoms with E-state index in [1.165, 1.54) is 0 Å². The summed E-state index contributed by atoms with van der Waals surface area (Å²) in [5.41, 5.74) is 1.72. The van der Waals surface area contributed by atoms with E-state index in [9.17, 15) is 0 Å². The van der Waals surface area contributed by atoms with Crippen LogP contribution in [0.25, 0.3) is 11.3 Å². The molecule has 84 valence electrons. The first-order valence-electron chi connectivity index (χ1n) is 4.96. The lowest BCUT2D eigenvalue weighted by Crippen LogP contribution is -1.83. The van der Waals surface area contributed by atoms with Crippen LogP contribution in [0.3, 0.4) is 0 Å². The van der Waals surface area contributed by atoms with Crippen LogP contribution in [0.5, 0.6) is 5.75 Å². The summed E-state index contributed by atoms with van der Waals surface area (Å²) in [4.78, 5) is 0. The first-order chi connectivity index (χ1) is 7.70. The van der Waals surface area contributed by atoms with E-state index >= 15 is 0 Å². The Labute approximate surface area is 99.0 Å². The second-order valence-corrected chi connectivity index (χ2v) is 4.12. The maximum absolute atomic E-state index is 5.90. The Kier molecular flexibility index (Phi) is 3.15. The Balaban J connectivity index is 2.34. The molecular weight excluding hydrogens is 226 g/mol. The molecule has 0 aliphatic heterocycles. The van der Waals surface area contributed by atoms with Crippen molar-refractivity contribution in [2.45, 2.75) is 12.3 Å². The third-order valence-electron chi connectivity index (χ3n) is 2.29. The second-order valence-electron chi connectivity index (χ2n) is 3.46. The van der Waals surface area contributed by atoms with Gasteiger partial charge in [0.05, 0.1) is 12.5 Å². The zero-order valence-corrected chi connectivity index (χ0v) is 9.86. The molecule has 0 saturated heterocycles. The molecule has 0 bridgehead atoms. The van der Waals surface area contributed by atoms with Crippen LogP contribution in [-0.4, -0.2) is 12.3 Å². The number of alkyl halides is 1. The van der Waals surface area contributed by atoms with E-state index in [0.717, 1.165) is 17.0 Å². The summed E-state index contributed by atoms with van der Waals surface area (Å²) in [5.74, 6) is 1.46. The van der Waals surface area contributed by atoms with Gasteiger partial charge in [-0.3, -0.25) is 0 Å². The van der Waals surface area contributed by atoms with Crippen LogP contribution in [0.4, 0.5) is 0 Å². The average molecular weight is 238 g/mol. The summed E-state index contributed by atoms with van der Waals surface area (Å²) < 4.78 is 10.3. The standard InChI is InChI=1S/C12H12ClNO2/c1-8(13)12-7-11(14-16-12)9-4-3-5-10(6-9)15-2/h3-8H,1-2H3. The molecule has 1 aromatic heterocycles. The maximum Gasteiger partial charge on any atom is 0.154 e. The fraction of sp³-hybridized carbons (Fsp3) is 0.250. The van der Waals surface area contributed by atoms with Gasteiger partial charge in [0.25, 0.3) is 0 Å². The van der Waals surface area contributed by atoms with Gasteiger partial charge in [-0.15, -0.1) is 11.6 Å². The summed E-state index contributed by atoms with van der Waals surface area (Å²) in [5, 5.41) is 3.79. The van der Waals surface area contributed by atoms with Crippen LogP contribution in [0.15, 0.2) is 34.9 Å². The van der Waals surface area contributed by atoms with E-state index < -0.39 is 0 Å². The lowest BCUT2D eigenvalue weighted by atomic mass is 10.1. The zero-order chi connectivity index (χ0) is 11.5. The highest BCUT2D eigenvalue weighted by atomic mass is 35.5. The van der Waals surface area contributed by atoms with Gasteiger partial charge in [-0.2, -0.15) is 0 Å². The van der Waals surface area contributed by atoms with Crippen molar-refractivity contribution < 1.29 is 9.26 Å². The summed E-state index contributed by atoms with van der Waals surface area (Å²) in [6, 6.07) is 9.48. The minimum Gasteiger partial charge on any atom is -0.497 e. The number of hydrogen-bond acceptors (Lipinski definition) is 3. The summed E-state index contributed by atoms with van der Waals surface area (Å²) in [6.07, 6.45) is 0. The Morgan fingerprint density at radius 1 is 1.38 bits per heavy atom. The molecule has 0 N–H and O–H groups in total. The third kappa shape index (κ3) is 2.19. The fourth-order valence-corrected chi connectivity index (χ4v) is 1.50. The van der Waals surface area contributed by atoms with Gasteiger partial charge in [-0.25, -0.2) is 0 Å². The van der Waals surface area contributed by atoms with Gasteiger partial charge in [-0.05, 0) is 19.1 Å². The van der Waals surface area contributed by atoms with Gasteiger partial charge in [0.15, 0.2) is 5.76 Å². The SMILES string of the molecule is COc1cccc(-c2cc(C(C)Cl)on2)c1. The molecule has 1 aromatic carbocycles. The molecule has 0 amide bonds. The lowest BCUT2D eigenvalue weighted by molar-refractivity contribution is 0.386. The third-order valence-corrected chi connectivity index (χ3v) is 2.50. The van der Waals surface area contributed by atoms with E-state index in [0.29, 0.717) is 5.76 Å². The van der Waals surface area contributed by atoms with Crippen molar-refractivity contribution in [1.29, 1.82) is 0 Å². The van der Waals surface area contributed by atoms with Crippen LogP contribution in [0.1, 0.15) is 18.1 Å². The predicted molar refractivity (Wildman–Crippen MR) is 62.8 cm³/mol. The number of ether oxygens (including phenoxy) is 1. The molecule has 2 rings (SSSR count). The topological polar surface area (TPSA) is 35.3 Å². The Hall–Kier alpha value is -1.48. The van der Waals surface area contributed by atoms with E-state index in [1.54, 1.807) is 7.11 Å². The van der Waals surface area contributed by atoms with Crippen LogP contribution in [0.2, 0.25) is 0 Å². The molecule has 0 aliphatic carbocycles. The predicted octanol–water partition coefficient (Wildman–Crippen LogP) is 3.65. The second kappa shape index (κ2) is 4.58. The maximum atomic E-state index is 5.90. The molecule has 0 saturated carbocycles. The van der Waals surface area contributed by atoms with Crippen molar-refractivity contribution in [3.8, 4) is 17.0 Å². The number of nitrogens with zero attached hydrogens (tertiary/aromatic N) is 1. The van der Waals surface area contributed by atoms with Crippen LogP contribution < -0.4 is 4.74 Å². The number of hydrogen-bond donors (Lipinski definition) is 0. The molecule has 1 atom stereocenters. The number of halogens is 1. The van der Waals surface area contributed by atoms with Crippen LogP contribution >= 0.6 is 11.6 Å². The minimum atomic E-state index is -0.174. The van der Waals surface area contributed by atoms with E-state index in [2.05, 4.69) is 5.16 Å². The van der Waals surface area contributed by atoms with E-state index in [1.807, 2.05) is 37.3 Å². The molecule has 0 aliphatic rings. The largest absolute Gasteiger partial charge is 0.497 e. The van der Waals surface area contributed by atoms with Gasteiger partial charge in [-0.1, -0.05) is 17.3 Å². The normalized spacial score (nSPS) is 12.4. The average Bonchev–Trinajstić information content (AvgIpc) is 2.78. The number of rotatable bonds is 3. The van der Waals surface area contributed by atoms with E-state index in [-0.39, 0.29) is 5.38 Å². The highest BCUT2D eigenvalue weighted by molar-refractivity contribution is 6.20. The van der Waals surface area contributed by atoms with Crippen LogP contribution in [-0.2, 0) is 0 Å². The molecule has 4 heteroatoms. The van der Waals surface area contributed by atoms with Crippen molar-refractivity contribution in [1.82, 2.24) is 5.16 Å². The molecule has 2 aromatic rings. The molecule has 1 heterocycles. The molecular formula is C12H12ClNO2. The summed E-state index contributed by atoms with van der Waals surface area (Å²) in [6.45, 7) is 1.84. The smallest absolute Gasteiger partial charge is 0.154 e. The molecule has 3 nitrogen and oxygen atoms in total. The lowest BCUT2D eigenvalue weighted by Gasteiger charge is -2.00. The van der Waals surface area contributed by atoms with Gasteiger partial charge >= 0.3 is 0 Å². The first kappa shape index (κ1) is 11.0. The quantitative estimate of drug-likeness (QED) is 0.765. The molecule has 0 radical (unpaired) electrons. The van der Waals surface area contributed by atoms with Gasteiger partial charge in [0.2, 0.25) is 0 Å². The highest BCUT2D eigenvalue weighted by Crippen LogP contribution is 2.27. The molecule has 1 unspecified atom stereocenters. The molecule has 16 heavy (non-hydrogen) atoms. The van der Waals surface area contributed by atoms with Gasteiger partial charge in [0, 0.05) is 11.6 Å². The van der Waals surface area contributed by atoms with Crippen molar-refractivity contribution in [2.24, 2.45) is 0 Å². The van der Waals surface area contributed by atoms with E-state index in [4.69, 9.17) is 20.9 Å². The number of methoxy groups -OCH3 is 1. The van der Waals surface area contributed by atoms with Crippen molar-refractivity contribution in [3.63, 3.8) is 0 Å². The number of benzene rings is 1. The Morgan fingerprint density at radius 3 is 2.81 bits per heavy atom. The minimum absolute atomic E-state index is 0.174. The van der Waals surface area contributed by atoms with Crippen molar-refractivity contribution in [3.05, 3.63) is 36.1 Å². The van der Waals surface area contributed by atoms with Gasteiger partial charge in [0.1, 0.15) is 11.4 Å². The van der Waals surface area contributed by atoms with Crippen LogP contribution in [0, 0.1) is 0 Å². The first-order valence-corrected chi connectivity index (χ1v) is 5.39. The zero-order valence-electron chi connectivity index (χ0n) is 9.11. The monoisotopic (exact) mass is 237 g/mol. The summed E-state index contributed by atoms with van der Waals surface area (Å²) in [7, 11) is 1.63. The summed E-state index contributed by atoms with van der Waals surface area (Å²) >= 11 is 5.90. The highest BCUT2D eigenvalue weighted by Gasteiger charge is 2.10. The van der Waals surface area contributed by atoms with Crippen molar-refractivity contribution in [2.75, 3.05) is 7.11 Å². The molecule has 0 fully saturated rings. The fourth-order valence-electron chi connectivity index (χ4n) is 1.40. The van der Waals surface area contributed by atoms with Crippen molar-refractivity contribution >= 4 is 11.6 Å². The number of aromatic nitrogens is 1. The Bertz CT molecular complexity index is 479. The van der Waals surface area contributed by atoms with Gasteiger partial charge < -0.3 is 9.26 Å².